The lowest BCUT2D eigenvalue weighted by atomic mass is 9.89. The van der Waals surface area contributed by atoms with Crippen LogP contribution in [0.15, 0.2) is 18.2 Å². The van der Waals surface area contributed by atoms with E-state index in [4.69, 9.17) is 5.11 Å². The Morgan fingerprint density at radius 2 is 2.10 bits per heavy atom. The summed E-state index contributed by atoms with van der Waals surface area (Å²) in [7, 11) is 0. The van der Waals surface area contributed by atoms with Gasteiger partial charge in [-0.1, -0.05) is 12.1 Å². The summed E-state index contributed by atoms with van der Waals surface area (Å²) >= 11 is 0. The Kier molecular flexibility index (Phi) is 3.06. The molecule has 3 rings (SSSR count). The highest BCUT2D eigenvalue weighted by atomic mass is 16.3. The number of carbonyl (C=O) groups excluding carboxylic acids is 3. The number of benzene rings is 1. The van der Waals surface area contributed by atoms with Gasteiger partial charge in [-0.05, 0) is 30.5 Å². The number of fused-ring (bicyclic) bond motifs is 1. The molecule has 0 bridgehead atoms. The average Bonchev–Trinajstić information content (AvgIpc) is 2.81. The number of carbonyl (C=O) groups is 3. The van der Waals surface area contributed by atoms with Crippen LogP contribution in [0.1, 0.15) is 41.3 Å². The molecule has 0 spiro atoms. The quantitative estimate of drug-likeness (QED) is 0.768. The first-order valence-corrected chi connectivity index (χ1v) is 6.84. The minimum atomic E-state index is -1.01. The molecule has 2 heterocycles. The van der Waals surface area contributed by atoms with E-state index in [9.17, 15) is 14.4 Å². The zero-order valence-electron chi connectivity index (χ0n) is 11.7. The Bertz CT molecular complexity index is 655. The molecule has 2 aliphatic rings. The molecule has 1 aromatic rings. The fraction of sp³-hybridized carbons (Fsp3) is 0.400. The van der Waals surface area contributed by atoms with Gasteiger partial charge in [-0.15, -0.1) is 0 Å². The van der Waals surface area contributed by atoms with Crippen LogP contribution in [0.3, 0.4) is 0 Å². The third kappa shape index (κ3) is 2.03. The van der Waals surface area contributed by atoms with Crippen molar-refractivity contribution in [3.05, 3.63) is 34.9 Å². The standard InChI is InChI=1S/C15H16N2O4/c1-15(5-4-12(19)16-14(15)21)17-7-10-3-2-9(8-18)6-11(10)13(17)20/h2-3,6,18H,4-5,7-8H2,1H3,(H,16,19,21). The Balaban J connectivity index is 1.94. The first-order valence-electron chi connectivity index (χ1n) is 6.84. The summed E-state index contributed by atoms with van der Waals surface area (Å²) in [6.07, 6.45) is 0.550. The van der Waals surface area contributed by atoms with E-state index in [-0.39, 0.29) is 24.8 Å². The molecule has 3 amide bonds. The Hall–Kier alpha value is -2.21. The zero-order valence-corrected chi connectivity index (χ0v) is 11.7. The summed E-state index contributed by atoms with van der Waals surface area (Å²) in [5, 5.41) is 11.5. The molecule has 1 fully saturated rings. The maximum Gasteiger partial charge on any atom is 0.255 e. The highest BCUT2D eigenvalue weighted by Crippen LogP contribution is 2.34. The molecule has 6 heteroatoms. The molecule has 1 saturated heterocycles. The lowest BCUT2D eigenvalue weighted by Crippen LogP contribution is -2.61. The third-order valence-corrected chi connectivity index (χ3v) is 4.34. The average molecular weight is 288 g/mol. The van der Waals surface area contributed by atoms with E-state index >= 15 is 0 Å². The molecule has 110 valence electrons. The zero-order chi connectivity index (χ0) is 15.2. The number of aliphatic hydroxyl groups excluding tert-OH is 1. The van der Waals surface area contributed by atoms with Crippen molar-refractivity contribution >= 4 is 17.7 Å². The monoisotopic (exact) mass is 288 g/mol. The third-order valence-electron chi connectivity index (χ3n) is 4.34. The van der Waals surface area contributed by atoms with E-state index in [1.807, 2.05) is 0 Å². The summed E-state index contributed by atoms with van der Waals surface area (Å²) < 4.78 is 0. The predicted octanol–water partition coefficient (Wildman–Crippen LogP) is 0.330. The maximum absolute atomic E-state index is 12.6. The number of hydrogen-bond acceptors (Lipinski definition) is 4. The number of rotatable bonds is 2. The van der Waals surface area contributed by atoms with Crippen LogP contribution in [-0.4, -0.2) is 33.3 Å². The first-order chi connectivity index (χ1) is 9.95. The van der Waals surface area contributed by atoms with Crippen molar-refractivity contribution in [3.63, 3.8) is 0 Å². The molecule has 1 aromatic carbocycles. The normalized spacial score (nSPS) is 25.0. The predicted molar refractivity (Wildman–Crippen MR) is 73.0 cm³/mol. The van der Waals surface area contributed by atoms with Crippen molar-refractivity contribution in [2.75, 3.05) is 0 Å². The van der Waals surface area contributed by atoms with Crippen molar-refractivity contribution in [2.45, 2.75) is 38.5 Å². The number of nitrogens with one attached hydrogen (secondary N) is 1. The minimum Gasteiger partial charge on any atom is -0.392 e. The fourth-order valence-electron chi connectivity index (χ4n) is 2.90. The number of piperidine rings is 1. The first kappa shape index (κ1) is 13.8. The van der Waals surface area contributed by atoms with Crippen LogP contribution in [-0.2, 0) is 22.7 Å². The molecular formula is C15H16N2O4. The molecule has 2 aliphatic heterocycles. The lowest BCUT2D eigenvalue weighted by Gasteiger charge is -2.39. The van der Waals surface area contributed by atoms with Crippen molar-refractivity contribution in [2.24, 2.45) is 0 Å². The highest BCUT2D eigenvalue weighted by molar-refractivity contribution is 6.07. The smallest absolute Gasteiger partial charge is 0.255 e. The van der Waals surface area contributed by atoms with Crippen LogP contribution in [0.2, 0.25) is 0 Å². The maximum atomic E-state index is 12.6. The van der Waals surface area contributed by atoms with Gasteiger partial charge in [0, 0.05) is 18.5 Å². The van der Waals surface area contributed by atoms with Crippen molar-refractivity contribution in [1.29, 1.82) is 0 Å². The minimum absolute atomic E-state index is 0.132. The number of hydrogen-bond donors (Lipinski definition) is 2. The summed E-state index contributed by atoms with van der Waals surface area (Å²) in [5.74, 6) is -0.959. The number of aliphatic hydroxyl groups is 1. The second-order valence-corrected chi connectivity index (χ2v) is 5.69. The molecule has 1 unspecified atom stereocenters. The van der Waals surface area contributed by atoms with Crippen LogP contribution in [0.4, 0.5) is 0 Å². The van der Waals surface area contributed by atoms with E-state index < -0.39 is 11.4 Å². The molecule has 1 atom stereocenters. The van der Waals surface area contributed by atoms with E-state index in [2.05, 4.69) is 5.32 Å². The molecule has 6 nitrogen and oxygen atoms in total. The molecule has 0 aromatic heterocycles. The van der Waals surface area contributed by atoms with Gasteiger partial charge < -0.3 is 10.0 Å². The van der Waals surface area contributed by atoms with Gasteiger partial charge in [0.15, 0.2) is 0 Å². The second kappa shape index (κ2) is 4.66. The Morgan fingerprint density at radius 1 is 1.33 bits per heavy atom. The van der Waals surface area contributed by atoms with Crippen molar-refractivity contribution in [1.82, 2.24) is 10.2 Å². The molecule has 0 aliphatic carbocycles. The van der Waals surface area contributed by atoms with Crippen LogP contribution >= 0.6 is 0 Å². The fourth-order valence-corrected chi connectivity index (χ4v) is 2.90. The van der Waals surface area contributed by atoms with E-state index in [1.54, 1.807) is 25.1 Å². The van der Waals surface area contributed by atoms with Gasteiger partial charge in [-0.3, -0.25) is 19.7 Å². The second-order valence-electron chi connectivity index (χ2n) is 5.69. The van der Waals surface area contributed by atoms with E-state index in [1.165, 1.54) is 4.90 Å². The molecule has 0 saturated carbocycles. The largest absolute Gasteiger partial charge is 0.392 e. The molecular weight excluding hydrogens is 272 g/mol. The van der Waals surface area contributed by atoms with Gasteiger partial charge in [-0.25, -0.2) is 0 Å². The number of amides is 3. The summed E-state index contributed by atoms with van der Waals surface area (Å²) in [6.45, 7) is 1.90. The lowest BCUT2D eigenvalue weighted by molar-refractivity contribution is -0.142. The van der Waals surface area contributed by atoms with Gasteiger partial charge in [0.1, 0.15) is 5.54 Å². The summed E-state index contributed by atoms with van der Waals surface area (Å²) in [5.41, 5.74) is 1.01. The molecule has 0 radical (unpaired) electrons. The van der Waals surface area contributed by atoms with Crippen LogP contribution in [0.5, 0.6) is 0 Å². The van der Waals surface area contributed by atoms with E-state index in [0.717, 1.165) is 5.56 Å². The SMILES string of the molecule is CC1(N2Cc3ccc(CO)cc3C2=O)CCC(=O)NC1=O. The van der Waals surface area contributed by atoms with Gasteiger partial charge >= 0.3 is 0 Å². The van der Waals surface area contributed by atoms with Gasteiger partial charge in [0.2, 0.25) is 5.91 Å². The highest BCUT2D eigenvalue weighted by Gasteiger charge is 2.48. The van der Waals surface area contributed by atoms with Crippen LogP contribution in [0.25, 0.3) is 0 Å². The van der Waals surface area contributed by atoms with Gasteiger partial charge in [0.05, 0.1) is 6.61 Å². The number of nitrogens with zero attached hydrogens (tertiary/aromatic N) is 1. The Labute approximate surface area is 121 Å². The topological polar surface area (TPSA) is 86.7 Å². The van der Waals surface area contributed by atoms with Crippen LogP contribution in [0, 0.1) is 0 Å². The molecule has 21 heavy (non-hydrogen) atoms. The Morgan fingerprint density at radius 3 is 2.76 bits per heavy atom. The number of imide groups is 1. The van der Waals surface area contributed by atoms with Crippen molar-refractivity contribution < 1.29 is 19.5 Å². The van der Waals surface area contributed by atoms with Crippen LogP contribution < -0.4 is 5.32 Å². The van der Waals surface area contributed by atoms with Gasteiger partial charge in [0.25, 0.3) is 11.8 Å². The molecule has 2 N–H and O–H groups in total. The summed E-state index contributed by atoms with van der Waals surface area (Å²) in [6, 6.07) is 5.23. The van der Waals surface area contributed by atoms with E-state index in [0.29, 0.717) is 24.1 Å². The van der Waals surface area contributed by atoms with Crippen molar-refractivity contribution in [3.8, 4) is 0 Å². The van der Waals surface area contributed by atoms with Gasteiger partial charge in [-0.2, -0.15) is 0 Å². The summed E-state index contributed by atoms with van der Waals surface area (Å²) in [4.78, 5) is 37.6.